The van der Waals surface area contributed by atoms with Crippen LogP contribution in [0.5, 0.6) is 0 Å². The van der Waals surface area contributed by atoms with Crippen molar-refractivity contribution in [2.75, 3.05) is 31.2 Å². The van der Waals surface area contributed by atoms with E-state index < -0.39 is 15.3 Å². The number of thioether (sulfide) groups is 1. The fraction of sp³-hybridized carbons (Fsp3) is 1.00. The lowest BCUT2D eigenvalue weighted by Gasteiger charge is -2.22. The van der Waals surface area contributed by atoms with Gasteiger partial charge in [0.15, 0.2) is 0 Å². The second-order valence-corrected chi connectivity index (χ2v) is 6.98. The van der Waals surface area contributed by atoms with Gasteiger partial charge >= 0.3 is 0 Å². The molecule has 1 aliphatic heterocycles. The van der Waals surface area contributed by atoms with E-state index in [1.807, 2.05) is 0 Å². The third-order valence-electron chi connectivity index (χ3n) is 2.31. The summed E-state index contributed by atoms with van der Waals surface area (Å²) in [5.41, 5.74) is 0. The first-order valence-electron chi connectivity index (χ1n) is 4.76. The summed E-state index contributed by atoms with van der Waals surface area (Å²) in [6.45, 7) is 2.43. The van der Waals surface area contributed by atoms with Gasteiger partial charge in [-0.3, -0.25) is 0 Å². The molecule has 1 saturated heterocycles. The van der Waals surface area contributed by atoms with E-state index in [-0.39, 0.29) is 6.61 Å². The Bertz CT molecular complexity index is 258. The number of hydrogen-bond acceptors (Lipinski definition) is 4. The van der Waals surface area contributed by atoms with E-state index in [4.69, 9.17) is 5.11 Å². The average Bonchev–Trinajstić information content (AvgIpc) is 2.44. The van der Waals surface area contributed by atoms with Crippen molar-refractivity contribution in [2.45, 2.75) is 18.6 Å². The molecule has 0 aromatic rings. The highest BCUT2D eigenvalue weighted by atomic mass is 32.2. The minimum Gasteiger partial charge on any atom is -0.395 e. The Balaban J connectivity index is 2.69. The predicted octanol–water partition coefficient (Wildman–Crippen LogP) is 0.136. The maximum absolute atomic E-state index is 11.8. The van der Waals surface area contributed by atoms with Gasteiger partial charge in [0.25, 0.3) is 0 Å². The molecular weight excluding hydrogens is 222 g/mol. The molecule has 0 bridgehead atoms. The summed E-state index contributed by atoms with van der Waals surface area (Å²) in [6.07, 6.45) is 0.905. The van der Waals surface area contributed by atoms with Crippen LogP contribution >= 0.6 is 11.8 Å². The third kappa shape index (κ3) is 2.85. The fourth-order valence-electron chi connectivity index (χ4n) is 1.33. The van der Waals surface area contributed by atoms with E-state index >= 15 is 0 Å². The van der Waals surface area contributed by atoms with Crippen molar-refractivity contribution in [3.05, 3.63) is 0 Å². The van der Waals surface area contributed by atoms with Crippen molar-refractivity contribution < 1.29 is 13.5 Å². The molecule has 0 saturated carbocycles. The lowest BCUT2D eigenvalue weighted by Crippen LogP contribution is -2.40. The van der Waals surface area contributed by atoms with Crippen molar-refractivity contribution >= 4 is 21.8 Å². The second kappa shape index (κ2) is 5.34. The molecule has 0 radical (unpaired) electrons. The van der Waals surface area contributed by atoms with Gasteiger partial charge in [0, 0.05) is 18.8 Å². The Hall–Kier alpha value is 0.220. The monoisotopic (exact) mass is 239 g/mol. The van der Waals surface area contributed by atoms with E-state index in [0.717, 1.165) is 17.9 Å². The number of nitrogens with zero attached hydrogens (tertiary/aromatic N) is 1. The molecule has 0 aliphatic carbocycles. The van der Waals surface area contributed by atoms with E-state index in [0.29, 0.717) is 13.1 Å². The smallest absolute Gasteiger partial charge is 0.219 e. The van der Waals surface area contributed by atoms with Crippen molar-refractivity contribution in [3.8, 4) is 0 Å². The molecule has 1 N–H and O–H groups in total. The van der Waals surface area contributed by atoms with Gasteiger partial charge < -0.3 is 5.11 Å². The van der Waals surface area contributed by atoms with Crippen LogP contribution in [0.4, 0.5) is 0 Å². The number of aliphatic hydroxyl groups excluding tert-OH is 1. The molecule has 1 heterocycles. The first-order chi connectivity index (χ1) is 6.59. The van der Waals surface area contributed by atoms with Gasteiger partial charge in [-0.15, -0.1) is 0 Å². The van der Waals surface area contributed by atoms with Crippen LogP contribution in [0, 0.1) is 0 Å². The van der Waals surface area contributed by atoms with Gasteiger partial charge in [0.05, 0.1) is 11.9 Å². The zero-order valence-electron chi connectivity index (χ0n) is 8.35. The first-order valence-corrected chi connectivity index (χ1v) is 7.42. The Kier molecular flexibility index (Phi) is 4.69. The van der Waals surface area contributed by atoms with Crippen molar-refractivity contribution in [1.82, 2.24) is 4.31 Å². The Morgan fingerprint density at radius 2 is 2.14 bits per heavy atom. The van der Waals surface area contributed by atoms with Gasteiger partial charge in [-0.2, -0.15) is 11.8 Å². The van der Waals surface area contributed by atoms with Gasteiger partial charge in [0.1, 0.15) is 0 Å². The predicted molar refractivity (Wildman–Crippen MR) is 59.0 cm³/mol. The first kappa shape index (κ1) is 12.3. The Morgan fingerprint density at radius 3 is 2.79 bits per heavy atom. The number of rotatable bonds is 3. The summed E-state index contributed by atoms with van der Waals surface area (Å²) in [6, 6.07) is 0. The third-order valence-corrected chi connectivity index (χ3v) is 5.61. The van der Waals surface area contributed by atoms with E-state index in [1.54, 1.807) is 18.7 Å². The van der Waals surface area contributed by atoms with Crippen LogP contribution in [-0.2, 0) is 10.0 Å². The van der Waals surface area contributed by atoms with Crippen LogP contribution in [0.25, 0.3) is 0 Å². The summed E-state index contributed by atoms with van der Waals surface area (Å²) in [4.78, 5) is 0. The molecule has 1 rings (SSSR count). The molecule has 1 fully saturated rings. The number of hydrogen-bond donors (Lipinski definition) is 1. The Morgan fingerprint density at radius 1 is 1.43 bits per heavy atom. The zero-order valence-corrected chi connectivity index (χ0v) is 9.98. The highest BCUT2D eigenvalue weighted by Crippen LogP contribution is 2.16. The van der Waals surface area contributed by atoms with Crippen LogP contribution in [0.15, 0.2) is 0 Å². The summed E-state index contributed by atoms with van der Waals surface area (Å²) < 4.78 is 25.2. The lowest BCUT2D eigenvalue weighted by atomic mass is 10.5. The largest absolute Gasteiger partial charge is 0.395 e. The van der Waals surface area contributed by atoms with Crippen LogP contribution in [-0.4, -0.2) is 54.3 Å². The van der Waals surface area contributed by atoms with Crippen molar-refractivity contribution in [1.29, 1.82) is 0 Å². The zero-order chi connectivity index (χ0) is 10.6. The van der Waals surface area contributed by atoms with Crippen molar-refractivity contribution in [2.24, 2.45) is 0 Å². The molecule has 0 aromatic heterocycles. The minimum atomic E-state index is -3.27. The minimum absolute atomic E-state index is 0.300. The molecule has 84 valence electrons. The van der Waals surface area contributed by atoms with Crippen LogP contribution < -0.4 is 0 Å². The standard InChI is InChI=1S/C8H17NO3S2/c1-8(7-10)14(11,12)9-3-2-5-13-6-4-9/h8,10H,2-7H2,1H3. The summed E-state index contributed by atoms with van der Waals surface area (Å²) >= 11 is 1.79. The lowest BCUT2D eigenvalue weighted by molar-refractivity contribution is 0.289. The van der Waals surface area contributed by atoms with Crippen LogP contribution in [0.1, 0.15) is 13.3 Å². The van der Waals surface area contributed by atoms with Gasteiger partial charge in [-0.1, -0.05) is 0 Å². The molecule has 14 heavy (non-hydrogen) atoms. The summed E-state index contributed by atoms with van der Waals surface area (Å²) in [5.74, 6) is 1.89. The molecule has 4 nitrogen and oxygen atoms in total. The van der Waals surface area contributed by atoms with Crippen LogP contribution in [0.3, 0.4) is 0 Å². The molecule has 1 aliphatic rings. The normalized spacial score (nSPS) is 23.0. The molecule has 1 unspecified atom stereocenters. The second-order valence-electron chi connectivity index (χ2n) is 3.40. The topological polar surface area (TPSA) is 57.6 Å². The molecule has 0 aromatic carbocycles. The number of sulfonamides is 1. The van der Waals surface area contributed by atoms with Gasteiger partial charge in [-0.25, -0.2) is 12.7 Å². The molecule has 1 atom stereocenters. The Labute approximate surface area is 89.7 Å². The maximum atomic E-state index is 11.8. The molecule has 0 amide bonds. The number of aliphatic hydroxyl groups is 1. The fourth-order valence-corrected chi connectivity index (χ4v) is 3.76. The average molecular weight is 239 g/mol. The van der Waals surface area contributed by atoms with Crippen molar-refractivity contribution in [3.63, 3.8) is 0 Å². The van der Waals surface area contributed by atoms with E-state index in [2.05, 4.69) is 0 Å². The summed E-state index contributed by atoms with van der Waals surface area (Å²) in [5, 5.41) is 8.18. The summed E-state index contributed by atoms with van der Waals surface area (Å²) in [7, 11) is -3.27. The van der Waals surface area contributed by atoms with Gasteiger partial charge in [0.2, 0.25) is 10.0 Å². The van der Waals surface area contributed by atoms with Gasteiger partial charge in [-0.05, 0) is 19.1 Å². The quantitative estimate of drug-likeness (QED) is 0.761. The molecule has 0 spiro atoms. The molecule has 6 heteroatoms. The van der Waals surface area contributed by atoms with E-state index in [9.17, 15) is 8.42 Å². The maximum Gasteiger partial charge on any atom is 0.219 e. The highest BCUT2D eigenvalue weighted by Gasteiger charge is 2.28. The molecular formula is C8H17NO3S2. The highest BCUT2D eigenvalue weighted by molar-refractivity contribution is 7.99. The SMILES string of the molecule is CC(CO)S(=O)(=O)N1CCCSCC1. The van der Waals surface area contributed by atoms with Crippen LogP contribution in [0.2, 0.25) is 0 Å². The van der Waals surface area contributed by atoms with E-state index in [1.165, 1.54) is 4.31 Å².